The fourth-order valence-corrected chi connectivity index (χ4v) is 7.85. The van der Waals surface area contributed by atoms with Crippen LogP contribution in [0.1, 0.15) is 92.9 Å². The van der Waals surface area contributed by atoms with Crippen LogP contribution in [0.3, 0.4) is 0 Å². The first-order valence-corrected chi connectivity index (χ1v) is 16.8. The Bertz CT molecular complexity index is 1300. The number of hydrogen-bond donors (Lipinski definition) is 1. The molecule has 1 unspecified atom stereocenters. The predicted octanol–water partition coefficient (Wildman–Crippen LogP) is 4.91. The number of carbonyl (C=O) groups is 1. The normalized spacial score (nSPS) is 22.8. The molecule has 2 aliphatic carbocycles. The fraction of sp³-hybridized carbons (Fsp3) is 0.645. The highest BCUT2D eigenvalue weighted by molar-refractivity contribution is 7.92. The van der Waals surface area contributed by atoms with E-state index in [4.69, 9.17) is 14.2 Å². The molecule has 0 bridgehead atoms. The van der Waals surface area contributed by atoms with Gasteiger partial charge in [0.15, 0.2) is 21.9 Å². The van der Waals surface area contributed by atoms with Gasteiger partial charge in [-0.2, -0.15) is 0 Å². The Balaban J connectivity index is 1.16. The van der Waals surface area contributed by atoms with Crippen molar-refractivity contribution in [2.75, 3.05) is 31.7 Å². The van der Waals surface area contributed by atoms with E-state index < -0.39 is 15.8 Å². The van der Waals surface area contributed by atoms with Gasteiger partial charge in [-0.05, 0) is 93.2 Å². The second-order valence-electron chi connectivity index (χ2n) is 12.0. The van der Waals surface area contributed by atoms with Crippen molar-refractivity contribution in [2.24, 2.45) is 5.92 Å². The number of nitrogens with zero attached hydrogens (tertiary/aromatic N) is 2. The summed E-state index contributed by atoms with van der Waals surface area (Å²) in [6.45, 7) is 2.66. The van der Waals surface area contributed by atoms with Crippen LogP contribution in [0.25, 0.3) is 0 Å². The topological polar surface area (TPSA) is 117 Å². The highest BCUT2D eigenvalue weighted by Gasteiger charge is 2.41. The Hall–Kier alpha value is -2.40. The summed E-state index contributed by atoms with van der Waals surface area (Å²) in [4.78, 5) is 23.2. The third-order valence-corrected chi connectivity index (χ3v) is 11.0. The molecule has 2 aliphatic heterocycles. The lowest BCUT2D eigenvalue weighted by molar-refractivity contribution is -0.161. The van der Waals surface area contributed by atoms with Crippen LogP contribution in [0.2, 0.25) is 0 Å². The van der Waals surface area contributed by atoms with Crippen LogP contribution in [0.15, 0.2) is 35.5 Å². The molecular formula is C31H41N3O6S. The Morgan fingerprint density at radius 1 is 1.00 bits per heavy atom. The van der Waals surface area contributed by atoms with Gasteiger partial charge in [0.2, 0.25) is 5.91 Å². The first kappa shape index (κ1) is 28.7. The van der Waals surface area contributed by atoms with Crippen LogP contribution in [0.5, 0.6) is 0 Å². The summed E-state index contributed by atoms with van der Waals surface area (Å²) in [6, 6.07) is 5.62. The smallest absolute Gasteiger partial charge is 0.233 e. The van der Waals surface area contributed by atoms with Gasteiger partial charge in [0.05, 0.1) is 40.8 Å². The van der Waals surface area contributed by atoms with Crippen molar-refractivity contribution in [1.82, 2.24) is 9.97 Å². The standard InChI is InChI=1S/C31H41N3O6S/c35-31(34-29-20-32-24(19-33-29)12-16-40-30-3-1-2-13-39-30)27(17-21-10-14-38-15-11-21)23-6-9-28(26(18-23)22-4-5-22)41(36,37)25-7-8-25/h6,9,18-22,25,27,30H,1-5,7-8,10-17H2,(H,33,34,35)/t27-,30?/m1/s1. The third-order valence-electron chi connectivity index (χ3n) is 8.71. The SMILES string of the molecule is O=C(Nc1cnc(CCOC2CCCCO2)cn1)[C@H](CC1CCOCC1)c1ccc(S(=O)(=O)C2CC2)c(C2CC2)c1. The maximum atomic E-state index is 13.8. The number of carbonyl (C=O) groups excluding carboxylic acids is 1. The molecule has 2 saturated heterocycles. The molecule has 2 atom stereocenters. The lowest BCUT2D eigenvalue weighted by atomic mass is 9.83. The van der Waals surface area contributed by atoms with E-state index in [-0.39, 0.29) is 23.4 Å². The molecule has 9 nitrogen and oxygen atoms in total. The third kappa shape index (κ3) is 7.34. The van der Waals surface area contributed by atoms with Crippen molar-refractivity contribution in [3.05, 3.63) is 47.4 Å². The summed E-state index contributed by atoms with van der Waals surface area (Å²) < 4.78 is 43.3. The average Bonchev–Trinajstić information content (AvgIpc) is 3.91. The van der Waals surface area contributed by atoms with E-state index in [2.05, 4.69) is 15.3 Å². The van der Waals surface area contributed by atoms with Crippen molar-refractivity contribution >= 4 is 21.6 Å². The Labute approximate surface area is 242 Å². The number of benzene rings is 1. The van der Waals surface area contributed by atoms with Crippen LogP contribution in [-0.2, 0) is 35.3 Å². The van der Waals surface area contributed by atoms with Gasteiger partial charge in [0.25, 0.3) is 0 Å². The summed E-state index contributed by atoms with van der Waals surface area (Å²) in [5.41, 5.74) is 2.56. The molecule has 3 heterocycles. The molecule has 1 amide bonds. The van der Waals surface area contributed by atoms with Gasteiger partial charge >= 0.3 is 0 Å². The van der Waals surface area contributed by atoms with E-state index in [0.29, 0.717) is 49.3 Å². The summed E-state index contributed by atoms with van der Waals surface area (Å²) in [5.74, 6) is 0.467. The number of hydrogen-bond acceptors (Lipinski definition) is 8. The van der Waals surface area contributed by atoms with Gasteiger partial charge in [-0.15, -0.1) is 0 Å². The number of anilines is 1. The van der Waals surface area contributed by atoms with Crippen molar-refractivity contribution < 1.29 is 27.4 Å². The minimum Gasteiger partial charge on any atom is -0.381 e. The van der Waals surface area contributed by atoms with Gasteiger partial charge in [-0.3, -0.25) is 9.78 Å². The van der Waals surface area contributed by atoms with E-state index in [1.807, 2.05) is 12.1 Å². The van der Waals surface area contributed by atoms with Crippen LogP contribution >= 0.6 is 0 Å². The maximum Gasteiger partial charge on any atom is 0.233 e. The lowest BCUT2D eigenvalue weighted by Crippen LogP contribution is -2.26. The first-order valence-electron chi connectivity index (χ1n) is 15.3. The zero-order chi connectivity index (χ0) is 28.2. The highest BCUT2D eigenvalue weighted by atomic mass is 32.2. The molecule has 41 heavy (non-hydrogen) atoms. The van der Waals surface area contributed by atoms with Gasteiger partial charge in [-0.1, -0.05) is 12.1 Å². The zero-order valence-corrected chi connectivity index (χ0v) is 24.4. The number of sulfone groups is 1. The van der Waals surface area contributed by atoms with E-state index in [0.717, 1.165) is 81.2 Å². The molecule has 1 aromatic heterocycles. The van der Waals surface area contributed by atoms with Crippen molar-refractivity contribution in [2.45, 2.75) is 98.9 Å². The molecule has 10 heteroatoms. The van der Waals surface area contributed by atoms with Gasteiger partial charge in [0, 0.05) is 26.2 Å². The molecule has 1 aromatic carbocycles. The first-order chi connectivity index (χ1) is 20.0. The van der Waals surface area contributed by atoms with Crippen LogP contribution in [-0.4, -0.2) is 62.3 Å². The molecule has 222 valence electrons. The molecule has 2 aromatic rings. The number of nitrogens with one attached hydrogen (secondary N) is 1. The zero-order valence-electron chi connectivity index (χ0n) is 23.6. The molecule has 6 rings (SSSR count). The number of aromatic nitrogens is 2. The Morgan fingerprint density at radius 2 is 1.83 bits per heavy atom. The molecule has 2 saturated carbocycles. The van der Waals surface area contributed by atoms with Crippen molar-refractivity contribution in [3.8, 4) is 0 Å². The fourth-order valence-electron chi connectivity index (χ4n) is 5.92. The number of rotatable bonds is 12. The molecule has 0 radical (unpaired) electrons. The monoisotopic (exact) mass is 583 g/mol. The van der Waals surface area contributed by atoms with Crippen LogP contribution < -0.4 is 5.32 Å². The molecule has 4 aliphatic rings. The van der Waals surface area contributed by atoms with E-state index >= 15 is 0 Å². The number of ether oxygens (including phenoxy) is 3. The highest BCUT2D eigenvalue weighted by Crippen LogP contribution is 2.46. The summed E-state index contributed by atoms with van der Waals surface area (Å²) >= 11 is 0. The molecule has 4 fully saturated rings. The second kappa shape index (κ2) is 12.9. The van der Waals surface area contributed by atoms with Crippen LogP contribution in [0, 0.1) is 5.92 Å². The van der Waals surface area contributed by atoms with Crippen molar-refractivity contribution in [3.63, 3.8) is 0 Å². The maximum absolute atomic E-state index is 13.8. The number of amides is 1. The Kier molecular flexibility index (Phi) is 9.00. The van der Waals surface area contributed by atoms with Gasteiger partial charge < -0.3 is 19.5 Å². The van der Waals surface area contributed by atoms with E-state index in [9.17, 15) is 13.2 Å². The second-order valence-corrected chi connectivity index (χ2v) is 14.2. The van der Waals surface area contributed by atoms with Gasteiger partial charge in [-0.25, -0.2) is 13.4 Å². The molecule has 1 N–H and O–H groups in total. The minimum absolute atomic E-state index is 0.133. The average molecular weight is 584 g/mol. The quantitative estimate of drug-likeness (QED) is 0.375. The largest absolute Gasteiger partial charge is 0.381 e. The van der Waals surface area contributed by atoms with Crippen LogP contribution in [0.4, 0.5) is 5.82 Å². The lowest BCUT2D eigenvalue weighted by Gasteiger charge is -2.27. The minimum atomic E-state index is -3.31. The molecular weight excluding hydrogens is 542 g/mol. The van der Waals surface area contributed by atoms with E-state index in [1.165, 1.54) is 0 Å². The van der Waals surface area contributed by atoms with E-state index in [1.54, 1.807) is 18.5 Å². The molecule has 0 spiro atoms. The summed E-state index contributed by atoms with van der Waals surface area (Å²) in [7, 11) is -3.31. The summed E-state index contributed by atoms with van der Waals surface area (Å²) in [6.07, 6.45) is 12.9. The summed E-state index contributed by atoms with van der Waals surface area (Å²) in [5, 5.41) is 2.74. The predicted molar refractivity (Wildman–Crippen MR) is 153 cm³/mol. The Morgan fingerprint density at radius 3 is 2.51 bits per heavy atom. The van der Waals surface area contributed by atoms with Gasteiger partial charge in [0.1, 0.15) is 0 Å². The van der Waals surface area contributed by atoms with Crippen molar-refractivity contribution in [1.29, 1.82) is 0 Å².